The molecule has 0 spiro atoms. The van der Waals surface area contributed by atoms with Crippen molar-refractivity contribution in [3.8, 4) is 0 Å². The van der Waals surface area contributed by atoms with E-state index in [-0.39, 0.29) is 5.56 Å². The highest BCUT2D eigenvalue weighted by atomic mass is 19.1. The Morgan fingerprint density at radius 2 is 1.64 bits per heavy atom. The molecule has 4 nitrogen and oxygen atoms in total. The van der Waals surface area contributed by atoms with Gasteiger partial charge in [0.1, 0.15) is 29.2 Å². The molecule has 130 valence electrons. The minimum atomic E-state index is -0.886. The highest BCUT2D eigenvalue weighted by molar-refractivity contribution is 6.01. The molecule has 2 aromatic carbocycles. The fourth-order valence-electron chi connectivity index (χ4n) is 2.86. The van der Waals surface area contributed by atoms with Crippen LogP contribution in [0.1, 0.15) is 23.2 Å². The summed E-state index contributed by atoms with van der Waals surface area (Å²) in [6.45, 7) is 0.341. The quantitative estimate of drug-likeness (QED) is 0.925. The Labute approximate surface area is 142 Å². The molecule has 0 saturated carbocycles. The number of halogens is 3. The largest absolute Gasteiger partial charge is 0.327 e. The number of benzene rings is 2. The first-order valence-corrected chi connectivity index (χ1v) is 7.79. The lowest BCUT2D eigenvalue weighted by Crippen LogP contribution is -2.43. The van der Waals surface area contributed by atoms with Gasteiger partial charge < -0.3 is 10.2 Å². The second-order valence-electron chi connectivity index (χ2n) is 5.75. The zero-order valence-corrected chi connectivity index (χ0v) is 13.1. The second kappa shape index (κ2) is 6.96. The van der Waals surface area contributed by atoms with Crippen molar-refractivity contribution in [2.24, 2.45) is 0 Å². The van der Waals surface area contributed by atoms with Gasteiger partial charge in [0.05, 0.1) is 0 Å². The number of likely N-dealkylation sites (tertiary alicyclic amines) is 1. The first-order chi connectivity index (χ1) is 12.0. The van der Waals surface area contributed by atoms with Gasteiger partial charge in [-0.2, -0.15) is 0 Å². The minimum absolute atomic E-state index is 0.248. The van der Waals surface area contributed by atoms with Crippen molar-refractivity contribution in [1.82, 2.24) is 4.90 Å². The standard InChI is InChI=1S/C18H15F3N2O2/c19-12-8-6-11(7-9-12)18(25)23-10-2-5-15(23)17(24)22-16-13(20)3-1-4-14(16)21/h1,3-4,6-9,15H,2,5,10H2,(H,22,24)/t15-/m1/s1. The SMILES string of the molecule is O=C(Nc1c(F)cccc1F)[C@H]1CCCN1C(=O)c1ccc(F)cc1. The van der Waals surface area contributed by atoms with Gasteiger partial charge in [-0.1, -0.05) is 6.07 Å². The van der Waals surface area contributed by atoms with E-state index in [1.165, 1.54) is 23.1 Å². The zero-order valence-electron chi connectivity index (χ0n) is 13.1. The summed E-state index contributed by atoms with van der Waals surface area (Å²) < 4.78 is 40.4. The van der Waals surface area contributed by atoms with Crippen molar-refractivity contribution in [3.05, 3.63) is 65.5 Å². The molecule has 0 aliphatic carbocycles. The Morgan fingerprint density at radius 1 is 1.00 bits per heavy atom. The molecular weight excluding hydrogens is 333 g/mol. The van der Waals surface area contributed by atoms with Gasteiger partial charge in [0.25, 0.3) is 5.91 Å². The van der Waals surface area contributed by atoms with Crippen molar-refractivity contribution < 1.29 is 22.8 Å². The van der Waals surface area contributed by atoms with Crippen LogP contribution in [0, 0.1) is 17.5 Å². The van der Waals surface area contributed by atoms with Crippen molar-refractivity contribution in [2.75, 3.05) is 11.9 Å². The molecule has 1 saturated heterocycles. The number of para-hydroxylation sites is 1. The van der Waals surface area contributed by atoms with Gasteiger partial charge >= 0.3 is 0 Å². The topological polar surface area (TPSA) is 49.4 Å². The molecule has 1 heterocycles. The molecule has 0 radical (unpaired) electrons. The van der Waals surface area contributed by atoms with Gasteiger partial charge in [-0.15, -0.1) is 0 Å². The van der Waals surface area contributed by atoms with Crippen LogP contribution in [-0.2, 0) is 4.79 Å². The predicted molar refractivity (Wildman–Crippen MR) is 85.4 cm³/mol. The van der Waals surface area contributed by atoms with Gasteiger partial charge in [0.15, 0.2) is 0 Å². The summed E-state index contributed by atoms with van der Waals surface area (Å²) in [5.41, 5.74) is -0.285. The average molecular weight is 348 g/mol. The van der Waals surface area contributed by atoms with Gasteiger partial charge in [-0.3, -0.25) is 9.59 Å². The molecule has 2 amide bonds. The summed E-state index contributed by atoms with van der Waals surface area (Å²) >= 11 is 0. The molecule has 0 bridgehead atoms. The Morgan fingerprint density at radius 3 is 2.28 bits per heavy atom. The number of nitrogens with one attached hydrogen (secondary N) is 1. The van der Waals surface area contributed by atoms with E-state index in [1.807, 2.05) is 0 Å². The van der Waals surface area contributed by atoms with Gasteiger partial charge in [0.2, 0.25) is 5.91 Å². The maximum absolute atomic E-state index is 13.7. The van der Waals surface area contributed by atoms with E-state index >= 15 is 0 Å². The molecular formula is C18H15F3N2O2. The third-order valence-corrected chi connectivity index (χ3v) is 4.12. The molecule has 1 atom stereocenters. The molecule has 1 aliphatic heterocycles. The van der Waals surface area contributed by atoms with E-state index < -0.39 is 41.0 Å². The highest BCUT2D eigenvalue weighted by Crippen LogP contribution is 2.24. The molecule has 25 heavy (non-hydrogen) atoms. The lowest BCUT2D eigenvalue weighted by molar-refractivity contribution is -0.119. The number of carbonyl (C=O) groups is 2. The van der Waals surface area contributed by atoms with Crippen molar-refractivity contribution in [1.29, 1.82) is 0 Å². The Kier molecular flexibility index (Phi) is 4.74. The molecule has 0 aromatic heterocycles. The first-order valence-electron chi connectivity index (χ1n) is 7.79. The lowest BCUT2D eigenvalue weighted by atomic mass is 10.1. The number of nitrogens with zero attached hydrogens (tertiary/aromatic N) is 1. The summed E-state index contributed by atoms with van der Waals surface area (Å²) in [5.74, 6) is -3.32. The Bertz CT molecular complexity index is 788. The number of carbonyl (C=O) groups excluding carboxylic acids is 2. The normalized spacial score (nSPS) is 16.8. The number of hydrogen-bond donors (Lipinski definition) is 1. The van der Waals surface area contributed by atoms with E-state index in [2.05, 4.69) is 5.32 Å². The fourth-order valence-corrected chi connectivity index (χ4v) is 2.86. The monoisotopic (exact) mass is 348 g/mol. The average Bonchev–Trinajstić information content (AvgIpc) is 3.08. The van der Waals surface area contributed by atoms with E-state index in [9.17, 15) is 22.8 Å². The minimum Gasteiger partial charge on any atom is -0.327 e. The summed E-state index contributed by atoms with van der Waals surface area (Å²) in [7, 11) is 0. The third-order valence-electron chi connectivity index (χ3n) is 4.12. The van der Waals surface area contributed by atoms with Crippen LogP contribution < -0.4 is 5.32 Å². The van der Waals surface area contributed by atoms with Crippen LogP contribution in [0.4, 0.5) is 18.9 Å². The summed E-state index contributed by atoms with van der Waals surface area (Å²) in [4.78, 5) is 26.3. The van der Waals surface area contributed by atoms with Crippen molar-refractivity contribution >= 4 is 17.5 Å². The zero-order chi connectivity index (χ0) is 18.0. The molecule has 2 aromatic rings. The number of anilines is 1. The van der Waals surface area contributed by atoms with E-state index in [4.69, 9.17) is 0 Å². The number of amides is 2. The Balaban J connectivity index is 1.78. The van der Waals surface area contributed by atoms with E-state index in [0.29, 0.717) is 19.4 Å². The van der Waals surface area contributed by atoms with Gasteiger partial charge in [-0.25, -0.2) is 13.2 Å². The van der Waals surface area contributed by atoms with Crippen molar-refractivity contribution in [3.63, 3.8) is 0 Å². The number of hydrogen-bond acceptors (Lipinski definition) is 2. The maximum atomic E-state index is 13.7. The van der Waals surface area contributed by atoms with Crippen LogP contribution in [0.15, 0.2) is 42.5 Å². The summed E-state index contributed by atoms with van der Waals surface area (Å²) in [6, 6.07) is 7.42. The van der Waals surface area contributed by atoms with Crippen LogP contribution in [0.25, 0.3) is 0 Å². The summed E-state index contributed by atoms with van der Waals surface area (Å²) in [5, 5.41) is 2.22. The van der Waals surface area contributed by atoms with Crippen molar-refractivity contribution in [2.45, 2.75) is 18.9 Å². The predicted octanol–water partition coefficient (Wildman–Crippen LogP) is 3.35. The van der Waals surface area contributed by atoms with E-state index in [0.717, 1.165) is 24.3 Å². The lowest BCUT2D eigenvalue weighted by Gasteiger charge is -2.24. The molecule has 1 N–H and O–H groups in total. The fraction of sp³-hybridized carbons (Fsp3) is 0.222. The number of rotatable bonds is 3. The molecule has 7 heteroatoms. The van der Waals surface area contributed by atoms with Crippen LogP contribution >= 0.6 is 0 Å². The molecule has 1 fully saturated rings. The summed E-state index contributed by atoms with van der Waals surface area (Å²) in [6.07, 6.45) is 0.972. The molecule has 1 aliphatic rings. The Hall–Kier alpha value is -2.83. The van der Waals surface area contributed by atoms with Crippen LogP contribution in [0.2, 0.25) is 0 Å². The van der Waals surface area contributed by atoms with Gasteiger partial charge in [0, 0.05) is 12.1 Å². The van der Waals surface area contributed by atoms with E-state index in [1.54, 1.807) is 0 Å². The second-order valence-corrected chi connectivity index (χ2v) is 5.75. The van der Waals surface area contributed by atoms with Crippen LogP contribution in [0.5, 0.6) is 0 Å². The highest BCUT2D eigenvalue weighted by Gasteiger charge is 2.35. The first kappa shape index (κ1) is 17.0. The van der Waals surface area contributed by atoms with Crippen LogP contribution in [-0.4, -0.2) is 29.3 Å². The molecule has 0 unspecified atom stereocenters. The maximum Gasteiger partial charge on any atom is 0.254 e. The smallest absolute Gasteiger partial charge is 0.254 e. The van der Waals surface area contributed by atoms with Gasteiger partial charge in [-0.05, 0) is 49.2 Å². The van der Waals surface area contributed by atoms with Crippen LogP contribution in [0.3, 0.4) is 0 Å². The molecule has 3 rings (SSSR count). The third kappa shape index (κ3) is 3.50.